The quantitative estimate of drug-likeness (QED) is 0.623. The van der Waals surface area contributed by atoms with Crippen molar-refractivity contribution in [1.82, 2.24) is 10.2 Å². The summed E-state index contributed by atoms with van der Waals surface area (Å²) < 4.78 is 0. The van der Waals surface area contributed by atoms with E-state index in [1.165, 1.54) is 4.90 Å². The molecule has 0 aromatic heterocycles. The van der Waals surface area contributed by atoms with Crippen LogP contribution in [0.25, 0.3) is 0 Å². The van der Waals surface area contributed by atoms with Crippen molar-refractivity contribution in [3.05, 3.63) is 28.8 Å². The molecule has 0 spiro atoms. The van der Waals surface area contributed by atoms with Crippen LogP contribution in [-0.4, -0.2) is 54.0 Å². The number of rotatable bonds is 9. The van der Waals surface area contributed by atoms with Crippen molar-refractivity contribution in [3.63, 3.8) is 0 Å². The lowest BCUT2D eigenvalue weighted by molar-refractivity contribution is -0.138. The van der Waals surface area contributed by atoms with Gasteiger partial charge in [0.05, 0.1) is 19.6 Å². The second kappa shape index (κ2) is 9.89. The Morgan fingerprint density at radius 1 is 1.21 bits per heavy atom. The molecule has 1 aromatic carbocycles. The summed E-state index contributed by atoms with van der Waals surface area (Å²) in [4.78, 5) is 36.0. The highest BCUT2D eigenvalue weighted by Gasteiger charge is 2.14. The Bertz CT molecular complexity index is 607. The second-order valence-electron chi connectivity index (χ2n) is 5.34. The number of carboxylic acid groups (broad SMARTS) is 1. The van der Waals surface area contributed by atoms with E-state index < -0.39 is 11.9 Å². The molecule has 0 fully saturated rings. The molecule has 1 rings (SSSR count). The highest BCUT2D eigenvalue weighted by atomic mass is 35.5. The standard InChI is InChI=1S/C16H22ClN3O4/c1-3-7-20(10-16(23)24)9-15(22)18-8-14(21)19-13-6-4-5-12(17)11(13)2/h4-6H,3,7-10H2,1-2H3,(H,18,22)(H,19,21)(H,23,24). The number of nitrogens with zero attached hydrogens (tertiary/aromatic N) is 1. The van der Waals surface area contributed by atoms with Crippen LogP contribution >= 0.6 is 11.6 Å². The van der Waals surface area contributed by atoms with E-state index in [0.717, 1.165) is 12.0 Å². The van der Waals surface area contributed by atoms with Gasteiger partial charge >= 0.3 is 5.97 Å². The van der Waals surface area contributed by atoms with E-state index in [-0.39, 0.29) is 25.5 Å². The maximum atomic E-state index is 11.9. The van der Waals surface area contributed by atoms with Crippen LogP contribution in [0.4, 0.5) is 5.69 Å². The average molecular weight is 356 g/mol. The lowest BCUT2D eigenvalue weighted by atomic mass is 10.2. The van der Waals surface area contributed by atoms with Crippen molar-refractivity contribution < 1.29 is 19.5 Å². The molecule has 3 N–H and O–H groups in total. The van der Waals surface area contributed by atoms with Gasteiger partial charge in [0.1, 0.15) is 0 Å². The smallest absolute Gasteiger partial charge is 0.317 e. The number of carboxylic acids is 1. The van der Waals surface area contributed by atoms with Gasteiger partial charge in [0.2, 0.25) is 11.8 Å². The molecule has 0 aliphatic rings. The number of nitrogens with one attached hydrogen (secondary N) is 2. The third-order valence-electron chi connectivity index (χ3n) is 3.25. The number of benzene rings is 1. The van der Waals surface area contributed by atoms with Gasteiger partial charge in [-0.15, -0.1) is 0 Å². The molecule has 1 aromatic rings. The summed E-state index contributed by atoms with van der Waals surface area (Å²) in [5.74, 6) is -1.78. The first-order chi connectivity index (χ1) is 11.3. The molecule has 24 heavy (non-hydrogen) atoms. The van der Waals surface area contributed by atoms with Crippen LogP contribution in [0.5, 0.6) is 0 Å². The fraction of sp³-hybridized carbons (Fsp3) is 0.438. The summed E-state index contributed by atoms with van der Waals surface area (Å²) in [6.07, 6.45) is 0.731. The molecule has 7 nitrogen and oxygen atoms in total. The lowest BCUT2D eigenvalue weighted by Crippen LogP contribution is -2.42. The minimum absolute atomic E-state index is 0.0659. The number of carbonyl (C=O) groups is 3. The van der Waals surface area contributed by atoms with Crippen LogP contribution in [0.15, 0.2) is 18.2 Å². The summed E-state index contributed by atoms with van der Waals surface area (Å²) in [6.45, 7) is 3.70. The molecule has 2 amide bonds. The van der Waals surface area contributed by atoms with E-state index in [9.17, 15) is 14.4 Å². The molecule has 0 radical (unpaired) electrons. The van der Waals surface area contributed by atoms with Crippen LogP contribution in [0, 0.1) is 6.92 Å². The maximum Gasteiger partial charge on any atom is 0.317 e. The van der Waals surface area contributed by atoms with Crippen LogP contribution in [-0.2, 0) is 14.4 Å². The highest BCUT2D eigenvalue weighted by Crippen LogP contribution is 2.22. The molecule has 0 aliphatic heterocycles. The van der Waals surface area contributed by atoms with Gasteiger partial charge < -0.3 is 15.7 Å². The fourth-order valence-electron chi connectivity index (χ4n) is 2.10. The summed E-state index contributed by atoms with van der Waals surface area (Å²) in [6, 6.07) is 5.16. The maximum absolute atomic E-state index is 11.9. The van der Waals surface area contributed by atoms with Gasteiger partial charge in [-0.2, -0.15) is 0 Å². The Morgan fingerprint density at radius 3 is 2.54 bits per heavy atom. The normalized spacial score (nSPS) is 10.5. The van der Waals surface area contributed by atoms with Crippen molar-refractivity contribution in [2.24, 2.45) is 0 Å². The molecule has 132 valence electrons. The van der Waals surface area contributed by atoms with E-state index >= 15 is 0 Å². The SMILES string of the molecule is CCCN(CC(=O)O)CC(=O)NCC(=O)Nc1cccc(Cl)c1C. The zero-order valence-corrected chi connectivity index (χ0v) is 14.5. The molecule has 0 heterocycles. The summed E-state index contributed by atoms with van der Waals surface area (Å²) in [5.41, 5.74) is 1.33. The summed E-state index contributed by atoms with van der Waals surface area (Å²) >= 11 is 5.98. The highest BCUT2D eigenvalue weighted by molar-refractivity contribution is 6.31. The number of amides is 2. The number of hydrogen-bond donors (Lipinski definition) is 3. The first-order valence-electron chi connectivity index (χ1n) is 7.59. The van der Waals surface area contributed by atoms with Crippen LogP contribution in [0.2, 0.25) is 5.02 Å². The Labute approximate surface area is 146 Å². The zero-order chi connectivity index (χ0) is 18.1. The molecule has 0 saturated heterocycles. The van der Waals surface area contributed by atoms with E-state index in [0.29, 0.717) is 17.3 Å². The van der Waals surface area contributed by atoms with Gasteiger partial charge in [-0.3, -0.25) is 19.3 Å². The molecule has 0 saturated carbocycles. The lowest BCUT2D eigenvalue weighted by Gasteiger charge is -2.18. The van der Waals surface area contributed by atoms with Crippen molar-refractivity contribution in [1.29, 1.82) is 0 Å². The van der Waals surface area contributed by atoms with E-state index in [4.69, 9.17) is 16.7 Å². The Balaban J connectivity index is 2.46. The van der Waals surface area contributed by atoms with E-state index in [1.54, 1.807) is 25.1 Å². The molecule has 0 aliphatic carbocycles. The predicted molar refractivity (Wildman–Crippen MR) is 92.2 cm³/mol. The van der Waals surface area contributed by atoms with Gasteiger partial charge in [-0.1, -0.05) is 24.6 Å². The van der Waals surface area contributed by atoms with Gasteiger partial charge in [0, 0.05) is 10.7 Å². The topological polar surface area (TPSA) is 98.7 Å². The molecule has 0 atom stereocenters. The molecular weight excluding hydrogens is 334 g/mol. The number of anilines is 1. The third-order valence-corrected chi connectivity index (χ3v) is 3.66. The van der Waals surface area contributed by atoms with Crippen LogP contribution in [0.3, 0.4) is 0 Å². The number of carbonyl (C=O) groups excluding carboxylic acids is 2. The fourth-order valence-corrected chi connectivity index (χ4v) is 2.27. The predicted octanol–water partition coefficient (Wildman–Crippen LogP) is 1.50. The third kappa shape index (κ3) is 6.97. The largest absolute Gasteiger partial charge is 0.480 e. The van der Waals surface area contributed by atoms with Gasteiger partial charge in [-0.25, -0.2) is 0 Å². The van der Waals surface area contributed by atoms with Crippen LogP contribution < -0.4 is 10.6 Å². The Kier molecular flexibility index (Phi) is 8.21. The van der Waals surface area contributed by atoms with E-state index in [2.05, 4.69) is 10.6 Å². The van der Waals surface area contributed by atoms with E-state index in [1.807, 2.05) is 6.92 Å². The molecular formula is C16H22ClN3O4. The molecule has 0 unspecified atom stereocenters. The summed E-state index contributed by atoms with van der Waals surface area (Å²) in [7, 11) is 0. The molecule has 0 bridgehead atoms. The Hall–Kier alpha value is -2.12. The first-order valence-corrected chi connectivity index (χ1v) is 7.97. The monoisotopic (exact) mass is 355 g/mol. The second-order valence-corrected chi connectivity index (χ2v) is 5.75. The summed E-state index contributed by atoms with van der Waals surface area (Å²) in [5, 5.41) is 14.5. The van der Waals surface area contributed by atoms with Crippen molar-refractivity contribution in [2.45, 2.75) is 20.3 Å². The van der Waals surface area contributed by atoms with Gasteiger partial charge in [-0.05, 0) is 37.6 Å². The van der Waals surface area contributed by atoms with Gasteiger partial charge in [0.15, 0.2) is 0 Å². The Morgan fingerprint density at radius 2 is 1.92 bits per heavy atom. The molecule has 8 heteroatoms. The number of halogens is 1. The zero-order valence-electron chi connectivity index (χ0n) is 13.8. The van der Waals surface area contributed by atoms with Crippen molar-refractivity contribution >= 4 is 35.1 Å². The van der Waals surface area contributed by atoms with Crippen molar-refractivity contribution in [2.75, 3.05) is 31.5 Å². The van der Waals surface area contributed by atoms with Crippen LogP contribution in [0.1, 0.15) is 18.9 Å². The van der Waals surface area contributed by atoms with Gasteiger partial charge in [0.25, 0.3) is 0 Å². The minimum Gasteiger partial charge on any atom is -0.480 e. The minimum atomic E-state index is -0.995. The number of aliphatic carboxylic acids is 1. The first kappa shape index (κ1) is 19.9. The number of hydrogen-bond acceptors (Lipinski definition) is 4. The average Bonchev–Trinajstić information content (AvgIpc) is 2.49. The van der Waals surface area contributed by atoms with Crippen molar-refractivity contribution in [3.8, 4) is 0 Å².